The molecule has 14 heteroatoms. The Bertz CT molecular complexity index is 1410. The Balaban J connectivity index is 1.16. The van der Waals surface area contributed by atoms with Crippen molar-refractivity contribution in [2.75, 3.05) is 45.3 Å². The summed E-state index contributed by atoms with van der Waals surface area (Å²) in [5.74, 6) is 3.85. The van der Waals surface area contributed by atoms with Crippen LogP contribution >= 0.6 is 34.4 Å². The Labute approximate surface area is 262 Å². The molecule has 0 radical (unpaired) electrons. The summed E-state index contributed by atoms with van der Waals surface area (Å²) in [6, 6.07) is 10.9. The predicted octanol–water partition coefficient (Wildman–Crippen LogP) is 4.48. The number of ether oxygens (including phenoxy) is 4. The molecule has 2 aromatic heterocycles. The second-order valence-corrected chi connectivity index (χ2v) is 12.6. The third-order valence-corrected chi connectivity index (χ3v) is 9.07. The molecule has 43 heavy (non-hydrogen) atoms. The van der Waals surface area contributed by atoms with E-state index in [2.05, 4.69) is 25.7 Å². The number of nitrogens with zero attached hydrogens (tertiary/aromatic N) is 4. The molecule has 2 heterocycles. The zero-order chi connectivity index (χ0) is 30.6. The van der Waals surface area contributed by atoms with E-state index in [1.54, 1.807) is 52.3 Å². The smallest absolute Gasteiger partial charge is 0.230 e. The lowest BCUT2D eigenvalue weighted by Crippen LogP contribution is -2.15. The van der Waals surface area contributed by atoms with Gasteiger partial charge < -0.3 is 24.3 Å². The van der Waals surface area contributed by atoms with Crippen LogP contribution in [0.5, 0.6) is 23.0 Å². The number of rotatable bonds is 17. The minimum Gasteiger partial charge on any atom is -0.493 e. The zero-order valence-electron chi connectivity index (χ0n) is 24.4. The van der Waals surface area contributed by atoms with Crippen molar-refractivity contribution in [2.45, 2.75) is 32.1 Å². The Hall–Kier alpha value is -3.75. The first-order valence-corrected chi connectivity index (χ1v) is 16.2. The molecule has 2 aromatic carbocycles. The van der Waals surface area contributed by atoms with E-state index in [0.717, 1.165) is 45.5 Å². The van der Waals surface area contributed by atoms with Crippen LogP contribution in [0.1, 0.15) is 26.1 Å². The second kappa shape index (κ2) is 16.2. The summed E-state index contributed by atoms with van der Waals surface area (Å²) in [6.45, 7) is 0. The van der Waals surface area contributed by atoms with Crippen LogP contribution in [0.25, 0.3) is 0 Å². The van der Waals surface area contributed by atoms with Crippen molar-refractivity contribution in [3.8, 4) is 23.0 Å². The lowest BCUT2D eigenvalue weighted by Gasteiger charge is -2.11. The average Bonchev–Trinajstić information content (AvgIpc) is 3.65. The van der Waals surface area contributed by atoms with E-state index in [1.165, 1.54) is 22.7 Å². The van der Waals surface area contributed by atoms with Gasteiger partial charge >= 0.3 is 0 Å². The number of aryl methyl sites for hydroxylation is 2. The maximum Gasteiger partial charge on any atom is 0.230 e. The minimum absolute atomic E-state index is 0.0382. The van der Waals surface area contributed by atoms with Crippen molar-refractivity contribution in [3.05, 3.63) is 62.5 Å². The number of amides is 1. The van der Waals surface area contributed by atoms with Gasteiger partial charge in [0.1, 0.15) is 20.8 Å². The van der Waals surface area contributed by atoms with Crippen molar-refractivity contribution < 1.29 is 28.5 Å². The molecule has 0 spiro atoms. The van der Waals surface area contributed by atoms with E-state index in [0.29, 0.717) is 33.1 Å². The molecule has 0 saturated heterocycles. The lowest BCUT2D eigenvalue weighted by molar-refractivity contribution is -0.118. The van der Waals surface area contributed by atoms with Gasteiger partial charge in [0.15, 0.2) is 23.0 Å². The van der Waals surface area contributed by atoms with Gasteiger partial charge in [0.25, 0.3) is 0 Å². The van der Waals surface area contributed by atoms with Gasteiger partial charge in [-0.3, -0.25) is 9.59 Å². The molecular weight excluding hydrogens is 611 g/mol. The van der Waals surface area contributed by atoms with Crippen molar-refractivity contribution in [2.24, 2.45) is 0 Å². The predicted molar refractivity (Wildman–Crippen MR) is 168 cm³/mol. The molecule has 0 unspecified atom stereocenters. The first-order chi connectivity index (χ1) is 20.9. The van der Waals surface area contributed by atoms with Gasteiger partial charge in [-0.15, -0.1) is 31.7 Å². The first kappa shape index (κ1) is 32.2. The Morgan fingerprint density at radius 1 is 0.698 bits per heavy atom. The van der Waals surface area contributed by atoms with Crippen LogP contribution in [0.4, 0.5) is 5.13 Å². The summed E-state index contributed by atoms with van der Waals surface area (Å²) in [4.78, 5) is 25.3. The van der Waals surface area contributed by atoms with Gasteiger partial charge in [-0.25, -0.2) is 0 Å². The summed E-state index contributed by atoms with van der Waals surface area (Å²) in [5, 5.41) is 22.5. The van der Waals surface area contributed by atoms with Crippen molar-refractivity contribution in [3.63, 3.8) is 0 Å². The van der Waals surface area contributed by atoms with Crippen LogP contribution in [-0.4, -0.2) is 72.0 Å². The van der Waals surface area contributed by atoms with Crippen LogP contribution in [0.15, 0.2) is 36.4 Å². The molecule has 228 valence electrons. The number of hydrogen-bond acceptors (Lipinski definition) is 13. The number of benzene rings is 2. The summed E-state index contributed by atoms with van der Waals surface area (Å²) in [6.07, 6.45) is 2.11. The number of methoxy groups -OCH3 is 4. The summed E-state index contributed by atoms with van der Waals surface area (Å²) in [5.41, 5.74) is 1.51. The quantitative estimate of drug-likeness (QED) is 0.163. The average molecular weight is 644 g/mol. The summed E-state index contributed by atoms with van der Waals surface area (Å²) >= 11 is 4.62. The van der Waals surface area contributed by atoms with Crippen LogP contribution in [0.2, 0.25) is 0 Å². The molecule has 1 amide bonds. The SMILES string of the molecule is COc1cccc(CC(=O)Cc2nnc(CCSCCc3nnc(NC(=O)Cc4cccc(OC)c4OC)s3)s2)c1OC. The first-order valence-electron chi connectivity index (χ1n) is 13.4. The number of aromatic nitrogens is 4. The molecule has 4 aromatic rings. The summed E-state index contributed by atoms with van der Waals surface area (Å²) in [7, 11) is 6.24. The van der Waals surface area contributed by atoms with Gasteiger partial charge in [0.05, 0.1) is 41.3 Å². The number of hydrogen-bond donors (Lipinski definition) is 1. The van der Waals surface area contributed by atoms with Gasteiger partial charge in [0, 0.05) is 30.4 Å². The van der Waals surface area contributed by atoms with Gasteiger partial charge in [-0.05, 0) is 23.6 Å². The molecular formula is C29H33N5O6S3. The number of nitrogens with one attached hydrogen (secondary N) is 1. The van der Waals surface area contributed by atoms with Gasteiger partial charge in [0.2, 0.25) is 11.0 Å². The number of thioether (sulfide) groups is 1. The van der Waals surface area contributed by atoms with Crippen LogP contribution in [-0.2, 0) is 41.7 Å². The van der Waals surface area contributed by atoms with Crippen molar-refractivity contribution in [1.82, 2.24) is 20.4 Å². The third-order valence-electron chi connectivity index (χ3n) is 6.20. The maximum atomic E-state index is 12.7. The fourth-order valence-corrected chi connectivity index (χ4v) is 7.02. The molecule has 4 rings (SSSR count). The van der Waals surface area contributed by atoms with E-state index in [9.17, 15) is 9.59 Å². The van der Waals surface area contributed by atoms with Crippen LogP contribution in [0.3, 0.4) is 0 Å². The number of ketones is 1. The number of Topliss-reactive ketones (excluding diaryl/α,β-unsaturated/α-hetero) is 1. The second-order valence-electron chi connectivity index (χ2n) is 9.13. The summed E-state index contributed by atoms with van der Waals surface area (Å²) < 4.78 is 21.5. The molecule has 0 fully saturated rings. The fraction of sp³-hybridized carbons (Fsp3) is 0.379. The topological polar surface area (TPSA) is 135 Å². The van der Waals surface area contributed by atoms with Gasteiger partial charge in [-0.2, -0.15) is 11.8 Å². The fourth-order valence-electron chi connectivity index (χ4n) is 4.25. The molecule has 0 bridgehead atoms. The highest BCUT2D eigenvalue weighted by atomic mass is 32.2. The lowest BCUT2D eigenvalue weighted by atomic mass is 10.1. The van der Waals surface area contributed by atoms with Crippen LogP contribution < -0.4 is 24.3 Å². The highest BCUT2D eigenvalue weighted by Gasteiger charge is 2.17. The molecule has 0 saturated carbocycles. The van der Waals surface area contributed by atoms with E-state index in [4.69, 9.17) is 18.9 Å². The Morgan fingerprint density at radius 2 is 1.26 bits per heavy atom. The molecule has 0 aliphatic heterocycles. The standard InChI is InChI=1S/C29H33N5O6S3/c1-37-21-9-5-7-18(27(21)39-3)15-20(35)17-26-33-31-24(42-26)11-13-41-14-12-25-32-34-29(43-25)30-23(36)16-19-8-6-10-22(38-2)28(19)40-4/h5-10H,11-17H2,1-4H3,(H,30,34,36). The van der Waals surface area contributed by atoms with Gasteiger partial charge in [-0.1, -0.05) is 35.6 Å². The number of carbonyl (C=O) groups excluding carboxylic acids is 2. The number of carbonyl (C=O) groups is 2. The Morgan fingerprint density at radius 3 is 1.86 bits per heavy atom. The number of anilines is 1. The van der Waals surface area contributed by atoms with Crippen molar-refractivity contribution >= 4 is 51.3 Å². The minimum atomic E-state index is -0.207. The zero-order valence-corrected chi connectivity index (χ0v) is 26.8. The van der Waals surface area contributed by atoms with Crippen LogP contribution in [0, 0.1) is 0 Å². The largest absolute Gasteiger partial charge is 0.493 e. The Kier molecular flexibility index (Phi) is 12.1. The van der Waals surface area contributed by atoms with E-state index in [1.807, 2.05) is 24.3 Å². The highest BCUT2D eigenvalue weighted by molar-refractivity contribution is 7.99. The third kappa shape index (κ3) is 9.12. The monoisotopic (exact) mass is 643 g/mol. The molecule has 1 N–H and O–H groups in total. The molecule has 0 aliphatic carbocycles. The van der Waals surface area contributed by atoms with E-state index < -0.39 is 0 Å². The molecule has 0 atom stereocenters. The van der Waals surface area contributed by atoms with E-state index >= 15 is 0 Å². The normalized spacial score (nSPS) is 10.8. The maximum absolute atomic E-state index is 12.7. The van der Waals surface area contributed by atoms with E-state index in [-0.39, 0.29) is 31.0 Å². The van der Waals surface area contributed by atoms with Crippen molar-refractivity contribution in [1.29, 1.82) is 0 Å². The number of para-hydroxylation sites is 2. The highest BCUT2D eigenvalue weighted by Crippen LogP contribution is 2.32. The molecule has 11 nitrogen and oxygen atoms in total. The molecule has 0 aliphatic rings.